The topological polar surface area (TPSA) is 69.7 Å². The summed E-state index contributed by atoms with van der Waals surface area (Å²) in [5.74, 6) is -0.0383. The van der Waals surface area contributed by atoms with Gasteiger partial charge < -0.3 is 28.6 Å². The Morgan fingerprint density at radius 3 is 2.44 bits per heavy atom. The van der Waals surface area contributed by atoms with E-state index in [1.165, 1.54) is 0 Å². The lowest BCUT2D eigenvalue weighted by molar-refractivity contribution is -0.142. The normalized spacial score (nSPS) is 30.8. The average Bonchev–Trinajstić information content (AvgIpc) is 2.93. The number of piperazine rings is 1. The molecular formula is C16H29BN2O6. The number of hydrogen-bond acceptors (Lipinski definition) is 7. The molecule has 0 aromatic heterocycles. The smallest absolute Gasteiger partial charge is 0.248 e. The number of rotatable bonds is 9. The van der Waals surface area contributed by atoms with Crippen molar-refractivity contribution in [1.82, 2.24) is 9.80 Å². The second-order valence-corrected chi connectivity index (χ2v) is 6.29. The zero-order chi connectivity index (χ0) is 18.2. The fourth-order valence-electron chi connectivity index (χ4n) is 3.23. The number of carbonyl (C=O) groups is 1. The molecule has 1 amide bonds. The minimum atomic E-state index is -0.635. The Hall–Kier alpha value is -0.705. The van der Waals surface area contributed by atoms with Crippen molar-refractivity contribution >= 4 is 13.8 Å². The van der Waals surface area contributed by atoms with Gasteiger partial charge in [0, 0.05) is 60.1 Å². The fraction of sp³-hybridized carbons (Fsp3) is 0.938. The molecule has 0 aliphatic carbocycles. The van der Waals surface area contributed by atoms with Gasteiger partial charge in [-0.3, -0.25) is 9.69 Å². The Kier molecular flexibility index (Phi) is 8.61. The van der Waals surface area contributed by atoms with E-state index in [4.69, 9.17) is 31.5 Å². The minimum absolute atomic E-state index is 0.0284. The van der Waals surface area contributed by atoms with Crippen LogP contribution in [0.15, 0.2) is 0 Å². The van der Waals surface area contributed by atoms with Crippen LogP contribution in [0.2, 0.25) is 0 Å². The molecule has 2 rings (SSSR count). The van der Waals surface area contributed by atoms with E-state index in [0.717, 1.165) is 19.6 Å². The number of hydrogen-bond donors (Lipinski definition) is 0. The molecule has 0 aromatic rings. The summed E-state index contributed by atoms with van der Waals surface area (Å²) in [7, 11) is 10.8. The standard InChI is InChI=1S/C16H29BN2O6/c1-21-9-8-18-4-6-19(7-5-18)13(20)11-24-15-14(23-3)12(10-22-2)25-16(15)17/h12,14-16H,4-11H2,1-3H3/t12-,14?,15+,16-/m1/s1. The number of ether oxygens (including phenoxy) is 5. The van der Waals surface area contributed by atoms with Gasteiger partial charge in [-0.1, -0.05) is 0 Å². The molecule has 0 aromatic carbocycles. The SMILES string of the molecule is [B][C@@H]1O[C@H](COC)C(OC)[C@@H]1OCC(=O)N1CCN(CCOC)CC1. The summed E-state index contributed by atoms with van der Waals surface area (Å²) in [6.45, 7) is 5.01. The quantitative estimate of drug-likeness (QED) is 0.477. The van der Waals surface area contributed by atoms with Gasteiger partial charge in [0.15, 0.2) is 0 Å². The highest BCUT2D eigenvalue weighted by molar-refractivity contribution is 6.11. The largest absolute Gasteiger partial charge is 0.383 e. The fourth-order valence-corrected chi connectivity index (χ4v) is 3.23. The molecule has 2 saturated heterocycles. The Labute approximate surface area is 151 Å². The van der Waals surface area contributed by atoms with Crippen LogP contribution in [0, 0.1) is 0 Å². The lowest BCUT2D eigenvalue weighted by Crippen LogP contribution is -2.51. The first-order chi connectivity index (χ1) is 12.1. The molecule has 2 radical (unpaired) electrons. The molecule has 9 heteroatoms. The summed E-state index contributed by atoms with van der Waals surface area (Å²) in [5, 5.41) is 0. The third kappa shape index (κ3) is 5.64. The van der Waals surface area contributed by atoms with Gasteiger partial charge in [0.05, 0.1) is 13.2 Å². The third-order valence-corrected chi connectivity index (χ3v) is 4.68. The summed E-state index contributed by atoms with van der Waals surface area (Å²) >= 11 is 0. The maximum atomic E-state index is 12.4. The van der Waals surface area contributed by atoms with Crippen LogP contribution in [0.4, 0.5) is 0 Å². The molecule has 2 heterocycles. The molecular weight excluding hydrogens is 327 g/mol. The van der Waals surface area contributed by atoms with Crippen molar-refractivity contribution in [2.45, 2.75) is 24.3 Å². The monoisotopic (exact) mass is 356 g/mol. The third-order valence-electron chi connectivity index (χ3n) is 4.68. The van der Waals surface area contributed by atoms with Gasteiger partial charge in [-0.05, 0) is 0 Å². The Bertz CT molecular complexity index is 408. The van der Waals surface area contributed by atoms with Crippen LogP contribution >= 0.6 is 0 Å². The molecule has 0 saturated carbocycles. The van der Waals surface area contributed by atoms with Gasteiger partial charge in [-0.2, -0.15) is 0 Å². The summed E-state index contributed by atoms with van der Waals surface area (Å²) in [4.78, 5) is 16.5. The lowest BCUT2D eigenvalue weighted by Gasteiger charge is -2.35. The van der Waals surface area contributed by atoms with E-state index in [9.17, 15) is 4.79 Å². The van der Waals surface area contributed by atoms with Crippen molar-refractivity contribution in [2.24, 2.45) is 0 Å². The zero-order valence-electron chi connectivity index (χ0n) is 15.4. The van der Waals surface area contributed by atoms with Crippen LogP contribution in [0.1, 0.15) is 0 Å². The van der Waals surface area contributed by atoms with Gasteiger partial charge in [0.25, 0.3) is 0 Å². The van der Waals surface area contributed by atoms with E-state index >= 15 is 0 Å². The van der Waals surface area contributed by atoms with E-state index < -0.39 is 12.1 Å². The highest BCUT2D eigenvalue weighted by Gasteiger charge is 2.43. The van der Waals surface area contributed by atoms with Crippen LogP contribution in [-0.2, 0) is 28.5 Å². The summed E-state index contributed by atoms with van der Waals surface area (Å²) in [5.41, 5.74) is 0. The van der Waals surface area contributed by atoms with Crippen molar-refractivity contribution in [3.8, 4) is 0 Å². The van der Waals surface area contributed by atoms with Gasteiger partial charge >= 0.3 is 0 Å². The Morgan fingerprint density at radius 2 is 1.84 bits per heavy atom. The first-order valence-corrected chi connectivity index (χ1v) is 8.64. The maximum absolute atomic E-state index is 12.4. The molecule has 25 heavy (non-hydrogen) atoms. The molecule has 2 aliphatic rings. The molecule has 1 unspecified atom stereocenters. The van der Waals surface area contributed by atoms with Crippen molar-refractivity contribution in [3.63, 3.8) is 0 Å². The van der Waals surface area contributed by atoms with Gasteiger partial charge in [0.2, 0.25) is 5.91 Å². The molecule has 2 fully saturated rings. The summed E-state index contributed by atoms with van der Waals surface area (Å²) < 4.78 is 27.0. The van der Waals surface area contributed by atoms with Crippen molar-refractivity contribution in [3.05, 3.63) is 0 Å². The van der Waals surface area contributed by atoms with E-state index in [1.807, 2.05) is 4.90 Å². The van der Waals surface area contributed by atoms with E-state index in [-0.39, 0.29) is 24.7 Å². The average molecular weight is 356 g/mol. The molecule has 0 bridgehead atoms. The first-order valence-electron chi connectivity index (χ1n) is 8.64. The van der Waals surface area contributed by atoms with Gasteiger partial charge in [-0.25, -0.2) is 0 Å². The first kappa shape index (κ1) is 20.6. The Morgan fingerprint density at radius 1 is 1.12 bits per heavy atom. The number of carbonyl (C=O) groups excluding carboxylic acids is 1. The van der Waals surface area contributed by atoms with Crippen molar-refractivity contribution in [2.75, 3.05) is 73.9 Å². The molecule has 0 N–H and O–H groups in total. The van der Waals surface area contributed by atoms with Crippen LogP contribution in [0.25, 0.3) is 0 Å². The number of amides is 1. The highest BCUT2D eigenvalue weighted by Crippen LogP contribution is 2.25. The zero-order valence-corrected chi connectivity index (χ0v) is 15.4. The van der Waals surface area contributed by atoms with E-state index in [1.54, 1.807) is 21.3 Å². The maximum Gasteiger partial charge on any atom is 0.248 e. The minimum Gasteiger partial charge on any atom is -0.383 e. The molecule has 8 nitrogen and oxygen atoms in total. The second kappa shape index (κ2) is 10.4. The summed E-state index contributed by atoms with van der Waals surface area (Å²) in [6, 6.07) is -0.635. The van der Waals surface area contributed by atoms with E-state index in [2.05, 4.69) is 4.90 Å². The van der Waals surface area contributed by atoms with E-state index in [0.29, 0.717) is 26.3 Å². The van der Waals surface area contributed by atoms with Crippen LogP contribution in [0.3, 0.4) is 0 Å². The summed E-state index contributed by atoms with van der Waals surface area (Å²) in [6.07, 6.45) is -1.14. The van der Waals surface area contributed by atoms with Gasteiger partial charge in [0.1, 0.15) is 32.8 Å². The Balaban J connectivity index is 1.76. The van der Waals surface area contributed by atoms with Crippen LogP contribution in [0.5, 0.6) is 0 Å². The molecule has 142 valence electrons. The van der Waals surface area contributed by atoms with Crippen LogP contribution < -0.4 is 0 Å². The predicted molar refractivity (Wildman–Crippen MR) is 91.7 cm³/mol. The van der Waals surface area contributed by atoms with Crippen LogP contribution in [-0.4, -0.2) is 122 Å². The van der Waals surface area contributed by atoms with Crippen molar-refractivity contribution < 1.29 is 28.5 Å². The molecule has 0 spiro atoms. The molecule has 4 atom stereocenters. The van der Waals surface area contributed by atoms with Gasteiger partial charge in [-0.15, -0.1) is 0 Å². The number of nitrogens with zero attached hydrogens (tertiary/aromatic N) is 2. The predicted octanol–water partition coefficient (Wildman–Crippen LogP) is -1.28. The number of methoxy groups -OCH3 is 3. The second-order valence-electron chi connectivity index (χ2n) is 6.29. The molecule has 2 aliphatic heterocycles. The lowest BCUT2D eigenvalue weighted by atomic mass is 9.93. The van der Waals surface area contributed by atoms with Crippen molar-refractivity contribution in [1.29, 1.82) is 0 Å². The highest BCUT2D eigenvalue weighted by atomic mass is 16.6.